The van der Waals surface area contributed by atoms with Crippen LogP contribution in [0.2, 0.25) is 5.02 Å². The van der Waals surface area contributed by atoms with Crippen LogP contribution in [0.25, 0.3) is 0 Å². The van der Waals surface area contributed by atoms with Crippen molar-refractivity contribution in [3.63, 3.8) is 0 Å². The molecule has 0 aliphatic rings. The van der Waals surface area contributed by atoms with Crippen LogP contribution >= 0.6 is 27.5 Å². The Morgan fingerprint density at radius 3 is 2.32 bits per heavy atom. The lowest BCUT2D eigenvalue weighted by Gasteiger charge is -2.32. The van der Waals surface area contributed by atoms with Crippen molar-refractivity contribution in [1.82, 2.24) is 10.2 Å². The fraction of sp³-hybridized carbons (Fsp3) is 0.333. The van der Waals surface area contributed by atoms with Crippen LogP contribution in [-0.4, -0.2) is 51.4 Å². The van der Waals surface area contributed by atoms with Gasteiger partial charge in [-0.05, 0) is 67.8 Å². The molecule has 2 amide bonds. The highest BCUT2D eigenvalue weighted by atomic mass is 79.9. The molecule has 8 nitrogen and oxygen atoms in total. The molecule has 0 saturated heterocycles. The number of nitrogens with zero attached hydrogens (tertiary/aromatic N) is 2. The zero-order valence-corrected chi connectivity index (χ0v) is 26.9. The molecular formula is C30H35BrClN3O5S. The van der Waals surface area contributed by atoms with E-state index in [0.717, 1.165) is 19.9 Å². The Labute approximate surface area is 255 Å². The van der Waals surface area contributed by atoms with Gasteiger partial charge in [-0.3, -0.25) is 13.9 Å². The lowest BCUT2D eigenvalue weighted by Crippen LogP contribution is -2.51. The zero-order chi connectivity index (χ0) is 30.3. The number of hydrogen-bond acceptors (Lipinski definition) is 5. The molecule has 1 atom stereocenters. The molecule has 1 unspecified atom stereocenters. The standard InChI is InChI=1S/C30H35BrClN3O5S/c1-20(2)17-33-30(37)22(4)34(18-23-7-6-8-24(31)15-23)29(36)19-35(27-16-25(32)11-14-28(27)40-5)41(38,39)26-12-9-21(3)10-13-26/h6-16,20,22H,17-19H2,1-5H3,(H,33,37). The smallest absolute Gasteiger partial charge is 0.264 e. The van der Waals surface area contributed by atoms with E-state index in [1.165, 1.54) is 30.2 Å². The van der Waals surface area contributed by atoms with Gasteiger partial charge >= 0.3 is 0 Å². The van der Waals surface area contributed by atoms with Gasteiger partial charge in [0.05, 0.1) is 17.7 Å². The van der Waals surface area contributed by atoms with E-state index in [-0.39, 0.29) is 39.7 Å². The molecule has 41 heavy (non-hydrogen) atoms. The van der Waals surface area contributed by atoms with Crippen LogP contribution in [0.1, 0.15) is 31.9 Å². The number of amides is 2. The Morgan fingerprint density at radius 2 is 1.71 bits per heavy atom. The van der Waals surface area contributed by atoms with Crippen LogP contribution in [0, 0.1) is 12.8 Å². The van der Waals surface area contributed by atoms with Crippen molar-refractivity contribution in [2.24, 2.45) is 5.92 Å². The Kier molecular flexibility index (Phi) is 11.2. The van der Waals surface area contributed by atoms with E-state index in [4.69, 9.17) is 16.3 Å². The van der Waals surface area contributed by atoms with E-state index in [0.29, 0.717) is 6.54 Å². The molecule has 0 fully saturated rings. The van der Waals surface area contributed by atoms with Gasteiger partial charge in [-0.15, -0.1) is 0 Å². The van der Waals surface area contributed by atoms with Crippen LogP contribution < -0.4 is 14.4 Å². The molecule has 3 aromatic carbocycles. The van der Waals surface area contributed by atoms with Crippen LogP contribution in [0.15, 0.2) is 76.1 Å². The Balaban J connectivity index is 2.08. The summed E-state index contributed by atoms with van der Waals surface area (Å²) in [6, 6.07) is 17.4. The van der Waals surface area contributed by atoms with Crippen molar-refractivity contribution in [3.8, 4) is 5.75 Å². The number of aryl methyl sites for hydroxylation is 1. The number of ether oxygens (including phenoxy) is 1. The van der Waals surface area contributed by atoms with E-state index >= 15 is 0 Å². The first-order chi connectivity index (χ1) is 19.3. The van der Waals surface area contributed by atoms with Gasteiger partial charge in [-0.1, -0.05) is 71.2 Å². The quantitative estimate of drug-likeness (QED) is 0.264. The summed E-state index contributed by atoms with van der Waals surface area (Å²) in [5, 5.41) is 3.14. The van der Waals surface area contributed by atoms with E-state index in [2.05, 4.69) is 21.2 Å². The second-order valence-electron chi connectivity index (χ2n) is 10.1. The van der Waals surface area contributed by atoms with Crippen molar-refractivity contribution in [2.45, 2.75) is 45.2 Å². The highest BCUT2D eigenvalue weighted by Crippen LogP contribution is 2.35. The molecule has 1 N–H and O–H groups in total. The number of carbonyl (C=O) groups is 2. The fourth-order valence-corrected chi connectivity index (χ4v) is 6.11. The van der Waals surface area contributed by atoms with Crippen molar-refractivity contribution in [1.29, 1.82) is 0 Å². The highest BCUT2D eigenvalue weighted by molar-refractivity contribution is 9.10. The SMILES string of the molecule is COc1ccc(Cl)cc1N(CC(=O)N(Cc1cccc(Br)c1)C(C)C(=O)NCC(C)C)S(=O)(=O)c1ccc(C)cc1. The van der Waals surface area contributed by atoms with Crippen LogP contribution in [0.5, 0.6) is 5.75 Å². The summed E-state index contributed by atoms with van der Waals surface area (Å²) in [5.74, 6) is -0.477. The lowest BCUT2D eigenvalue weighted by molar-refractivity contribution is -0.139. The summed E-state index contributed by atoms with van der Waals surface area (Å²) in [5.41, 5.74) is 1.76. The minimum atomic E-state index is -4.26. The molecule has 0 aromatic heterocycles. The maximum absolute atomic E-state index is 14.1. The first kappa shape index (κ1) is 32.4. The molecular weight excluding hydrogens is 630 g/mol. The third-order valence-electron chi connectivity index (χ3n) is 6.39. The predicted molar refractivity (Wildman–Crippen MR) is 166 cm³/mol. The topological polar surface area (TPSA) is 96.0 Å². The number of anilines is 1. The summed E-state index contributed by atoms with van der Waals surface area (Å²) in [7, 11) is -2.85. The molecule has 0 spiro atoms. The van der Waals surface area contributed by atoms with Gasteiger partial charge in [0.1, 0.15) is 18.3 Å². The monoisotopic (exact) mass is 663 g/mol. The molecule has 3 rings (SSSR count). The number of methoxy groups -OCH3 is 1. The molecule has 220 valence electrons. The Bertz CT molecular complexity index is 1480. The van der Waals surface area contributed by atoms with Crippen LogP contribution in [0.4, 0.5) is 5.69 Å². The maximum Gasteiger partial charge on any atom is 0.264 e. The second-order valence-corrected chi connectivity index (χ2v) is 13.3. The number of sulfonamides is 1. The summed E-state index contributed by atoms with van der Waals surface area (Å²) < 4.78 is 35.3. The van der Waals surface area contributed by atoms with E-state index < -0.39 is 28.5 Å². The molecule has 0 heterocycles. The van der Waals surface area contributed by atoms with Gasteiger partial charge in [0, 0.05) is 22.6 Å². The van der Waals surface area contributed by atoms with E-state index in [9.17, 15) is 18.0 Å². The first-order valence-electron chi connectivity index (χ1n) is 13.1. The molecule has 0 bridgehead atoms. The van der Waals surface area contributed by atoms with Gasteiger partial charge in [-0.25, -0.2) is 8.42 Å². The molecule has 3 aromatic rings. The average molecular weight is 665 g/mol. The number of carbonyl (C=O) groups excluding carboxylic acids is 2. The Hall–Kier alpha value is -3.08. The fourth-order valence-electron chi connectivity index (χ4n) is 4.08. The van der Waals surface area contributed by atoms with Gasteiger partial charge in [0.15, 0.2) is 0 Å². The van der Waals surface area contributed by atoms with Gasteiger partial charge in [0.25, 0.3) is 10.0 Å². The third kappa shape index (κ3) is 8.47. The third-order valence-corrected chi connectivity index (χ3v) is 8.89. The molecule has 0 radical (unpaired) electrons. The number of hydrogen-bond donors (Lipinski definition) is 1. The summed E-state index contributed by atoms with van der Waals surface area (Å²) in [6.07, 6.45) is 0. The molecule has 0 saturated carbocycles. The van der Waals surface area contributed by atoms with Crippen molar-refractivity contribution < 1.29 is 22.7 Å². The summed E-state index contributed by atoms with van der Waals surface area (Å²) in [6.45, 7) is 7.36. The maximum atomic E-state index is 14.1. The lowest BCUT2D eigenvalue weighted by atomic mass is 10.1. The number of nitrogens with one attached hydrogen (secondary N) is 1. The van der Waals surface area contributed by atoms with Gasteiger partial charge in [-0.2, -0.15) is 0 Å². The van der Waals surface area contributed by atoms with Crippen LogP contribution in [-0.2, 0) is 26.2 Å². The minimum absolute atomic E-state index is 0.000747. The minimum Gasteiger partial charge on any atom is -0.495 e. The van der Waals surface area contributed by atoms with Gasteiger partial charge in [0.2, 0.25) is 11.8 Å². The number of benzene rings is 3. The Morgan fingerprint density at radius 1 is 1.02 bits per heavy atom. The number of rotatable bonds is 12. The molecule has 0 aliphatic carbocycles. The first-order valence-corrected chi connectivity index (χ1v) is 15.7. The van der Waals surface area contributed by atoms with E-state index in [1.807, 2.05) is 45.0 Å². The van der Waals surface area contributed by atoms with E-state index in [1.54, 1.807) is 31.2 Å². The van der Waals surface area contributed by atoms with Crippen LogP contribution in [0.3, 0.4) is 0 Å². The average Bonchev–Trinajstić information content (AvgIpc) is 2.93. The van der Waals surface area contributed by atoms with Crippen molar-refractivity contribution in [2.75, 3.05) is 24.5 Å². The molecule has 0 aliphatic heterocycles. The zero-order valence-electron chi connectivity index (χ0n) is 23.7. The summed E-state index contributed by atoms with van der Waals surface area (Å²) in [4.78, 5) is 28.6. The molecule has 11 heteroatoms. The summed E-state index contributed by atoms with van der Waals surface area (Å²) >= 11 is 9.73. The van der Waals surface area contributed by atoms with Crippen molar-refractivity contribution in [3.05, 3.63) is 87.4 Å². The normalized spacial score (nSPS) is 12.1. The van der Waals surface area contributed by atoms with Gasteiger partial charge < -0.3 is 15.0 Å². The second kappa shape index (κ2) is 14.2. The predicted octanol–water partition coefficient (Wildman–Crippen LogP) is 5.80. The number of halogens is 2. The highest BCUT2D eigenvalue weighted by Gasteiger charge is 2.34. The van der Waals surface area contributed by atoms with Crippen molar-refractivity contribution >= 4 is 55.1 Å². The largest absolute Gasteiger partial charge is 0.495 e.